The first-order valence-electron chi connectivity index (χ1n) is 5.12. The lowest BCUT2D eigenvalue weighted by Gasteiger charge is -2.00. The topological polar surface area (TPSA) is 59.4 Å². The highest BCUT2D eigenvalue weighted by Gasteiger charge is 2.11. The van der Waals surface area contributed by atoms with Crippen molar-refractivity contribution in [2.24, 2.45) is 0 Å². The Hall–Kier alpha value is -2.08. The number of H-pyrrole nitrogens is 1. The molecule has 0 aliphatic heterocycles. The summed E-state index contributed by atoms with van der Waals surface area (Å²) in [5, 5.41) is 5.31. The Bertz CT molecular complexity index is 728. The number of hydrogen-bond acceptors (Lipinski definition) is 4. The predicted octanol–water partition coefficient (Wildman–Crippen LogP) is 2.18. The standard InChI is InChI=1S/C11H9N5S/c1-7-9-10(13-6-14-11(9)17)16(15-7)8-4-2-3-5-12-8/h2-6H,1H3,(H,13,14,17). The smallest absolute Gasteiger partial charge is 0.155 e. The highest BCUT2D eigenvalue weighted by Crippen LogP contribution is 2.18. The van der Waals surface area contributed by atoms with Crippen LogP contribution in [-0.2, 0) is 0 Å². The van der Waals surface area contributed by atoms with Crippen LogP contribution in [0.25, 0.3) is 16.9 Å². The summed E-state index contributed by atoms with van der Waals surface area (Å²) in [6, 6.07) is 5.68. The third kappa shape index (κ3) is 1.53. The summed E-state index contributed by atoms with van der Waals surface area (Å²) in [7, 11) is 0. The van der Waals surface area contributed by atoms with Crippen LogP contribution in [0.5, 0.6) is 0 Å². The van der Waals surface area contributed by atoms with E-state index in [9.17, 15) is 0 Å². The van der Waals surface area contributed by atoms with E-state index in [1.165, 1.54) is 0 Å². The summed E-state index contributed by atoms with van der Waals surface area (Å²) >= 11 is 5.20. The molecule has 0 bridgehead atoms. The second kappa shape index (κ2) is 3.74. The van der Waals surface area contributed by atoms with Crippen molar-refractivity contribution in [1.29, 1.82) is 0 Å². The fraction of sp³-hybridized carbons (Fsp3) is 0.0909. The third-order valence-electron chi connectivity index (χ3n) is 2.52. The van der Waals surface area contributed by atoms with Gasteiger partial charge in [-0.2, -0.15) is 9.78 Å². The Labute approximate surface area is 102 Å². The van der Waals surface area contributed by atoms with Gasteiger partial charge in [0.15, 0.2) is 5.82 Å². The molecular weight excluding hydrogens is 234 g/mol. The van der Waals surface area contributed by atoms with Crippen LogP contribution >= 0.6 is 12.2 Å². The van der Waals surface area contributed by atoms with Gasteiger partial charge in [-0.3, -0.25) is 0 Å². The summed E-state index contributed by atoms with van der Waals surface area (Å²) in [6.07, 6.45) is 3.30. The lowest BCUT2D eigenvalue weighted by atomic mass is 10.3. The number of nitrogens with zero attached hydrogens (tertiary/aromatic N) is 4. The average Bonchev–Trinajstić information content (AvgIpc) is 2.69. The Kier molecular flexibility index (Phi) is 2.22. The van der Waals surface area contributed by atoms with Gasteiger partial charge in [0.25, 0.3) is 0 Å². The number of pyridine rings is 1. The molecule has 0 fully saturated rings. The highest BCUT2D eigenvalue weighted by atomic mass is 32.1. The molecule has 5 nitrogen and oxygen atoms in total. The molecule has 1 N–H and O–H groups in total. The normalized spacial score (nSPS) is 10.9. The third-order valence-corrected chi connectivity index (χ3v) is 2.83. The van der Waals surface area contributed by atoms with Crippen LogP contribution in [-0.4, -0.2) is 24.7 Å². The molecule has 0 atom stereocenters. The zero-order valence-corrected chi connectivity index (χ0v) is 9.90. The summed E-state index contributed by atoms with van der Waals surface area (Å²) in [4.78, 5) is 11.4. The zero-order chi connectivity index (χ0) is 11.8. The van der Waals surface area contributed by atoms with Gasteiger partial charge in [-0.25, -0.2) is 9.97 Å². The van der Waals surface area contributed by atoms with E-state index in [-0.39, 0.29) is 0 Å². The molecule has 17 heavy (non-hydrogen) atoms. The van der Waals surface area contributed by atoms with Crippen LogP contribution in [0.4, 0.5) is 0 Å². The number of hydrogen-bond donors (Lipinski definition) is 1. The minimum absolute atomic E-state index is 0.554. The molecule has 3 aromatic rings. The van der Waals surface area contributed by atoms with Crippen LogP contribution in [0.3, 0.4) is 0 Å². The van der Waals surface area contributed by atoms with E-state index < -0.39 is 0 Å². The highest BCUT2D eigenvalue weighted by molar-refractivity contribution is 7.71. The van der Waals surface area contributed by atoms with Crippen molar-refractivity contribution in [3.05, 3.63) is 41.1 Å². The fourth-order valence-electron chi connectivity index (χ4n) is 1.78. The summed E-state index contributed by atoms with van der Waals surface area (Å²) in [6.45, 7) is 1.91. The van der Waals surface area contributed by atoms with Gasteiger partial charge in [-0.1, -0.05) is 18.3 Å². The molecule has 3 rings (SSSR count). The molecule has 0 radical (unpaired) electrons. The molecule has 0 spiro atoms. The van der Waals surface area contributed by atoms with Gasteiger partial charge < -0.3 is 4.98 Å². The number of aromatic nitrogens is 5. The van der Waals surface area contributed by atoms with Crippen molar-refractivity contribution < 1.29 is 0 Å². The minimum Gasteiger partial charge on any atom is -0.330 e. The van der Waals surface area contributed by atoms with E-state index in [1.807, 2.05) is 25.1 Å². The van der Waals surface area contributed by atoms with Crippen molar-refractivity contribution >= 4 is 23.3 Å². The van der Waals surface area contributed by atoms with Crippen LogP contribution in [0.1, 0.15) is 5.69 Å². The van der Waals surface area contributed by atoms with E-state index >= 15 is 0 Å². The zero-order valence-electron chi connectivity index (χ0n) is 9.08. The van der Waals surface area contributed by atoms with E-state index in [2.05, 4.69) is 20.1 Å². The summed E-state index contributed by atoms with van der Waals surface area (Å²) in [5.74, 6) is 0.752. The predicted molar refractivity (Wildman–Crippen MR) is 66.6 cm³/mol. The molecule has 0 aliphatic rings. The lowest BCUT2D eigenvalue weighted by molar-refractivity contribution is 0.846. The monoisotopic (exact) mass is 243 g/mol. The van der Waals surface area contributed by atoms with Gasteiger partial charge in [0.05, 0.1) is 17.4 Å². The van der Waals surface area contributed by atoms with Gasteiger partial charge >= 0.3 is 0 Å². The summed E-state index contributed by atoms with van der Waals surface area (Å²) in [5.41, 5.74) is 1.67. The maximum absolute atomic E-state index is 5.20. The van der Waals surface area contributed by atoms with E-state index in [1.54, 1.807) is 17.2 Å². The van der Waals surface area contributed by atoms with Crippen molar-refractivity contribution in [1.82, 2.24) is 24.7 Å². The van der Waals surface area contributed by atoms with Gasteiger partial charge in [0.2, 0.25) is 0 Å². The molecule has 84 valence electrons. The molecule has 0 unspecified atom stereocenters. The number of nitrogens with one attached hydrogen (secondary N) is 1. The first-order chi connectivity index (χ1) is 8.27. The van der Waals surface area contributed by atoms with Crippen molar-refractivity contribution in [3.63, 3.8) is 0 Å². The maximum Gasteiger partial charge on any atom is 0.155 e. The van der Waals surface area contributed by atoms with Gasteiger partial charge in [0, 0.05) is 6.20 Å². The number of aryl methyl sites for hydroxylation is 1. The molecule has 3 heterocycles. The SMILES string of the molecule is Cc1nn(-c2ccccn2)c2[nH]cnc(=S)c12. The van der Waals surface area contributed by atoms with Crippen LogP contribution in [0.15, 0.2) is 30.7 Å². The molecule has 3 aromatic heterocycles. The van der Waals surface area contributed by atoms with Crippen molar-refractivity contribution in [2.75, 3.05) is 0 Å². The van der Waals surface area contributed by atoms with E-state index in [0.29, 0.717) is 4.64 Å². The van der Waals surface area contributed by atoms with Gasteiger partial charge in [0.1, 0.15) is 10.3 Å². The summed E-state index contributed by atoms with van der Waals surface area (Å²) < 4.78 is 2.29. The molecule has 0 saturated heterocycles. The molecule has 0 saturated carbocycles. The minimum atomic E-state index is 0.554. The quantitative estimate of drug-likeness (QED) is 0.665. The second-order valence-corrected chi connectivity index (χ2v) is 4.00. The van der Waals surface area contributed by atoms with Gasteiger partial charge in [-0.15, -0.1) is 0 Å². The molecule has 0 aromatic carbocycles. The Morgan fingerprint density at radius 3 is 2.94 bits per heavy atom. The lowest BCUT2D eigenvalue weighted by Crippen LogP contribution is -2.00. The first-order valence-corrected chi connectivity index (χ1v) is 5.52. The van der Waals surface area contributed by atoms with Crippen LogP contribution in [0, 0.1) is 11.6 Å². The number of aromatic amines is 1. The van der Waals surface area contributed by atoms with Crippen LogP contribution < -0.4 is 0 Å². The first kappa shape index (κ1) is 10.1. The molecule has 0 aliphatic carbocycles. The Morgan fingerprint density at radius 2 is 2.18 bits per heavy atom. The van der Waals surface area contributed by atoms with Gasteiger partial charge in [-0.05, 0) is 19.1 Å². The number of fused-ring (bicyclic) bond motifs is 1. The Balaban J connectivity index is 2.40. The van der Waals surface area contributed by atoms with Crippen molar-refractivity contribution in [2.45, 2.75) is 6.92 Å². The second-order valence-electron chi connectivity index (χ2n) is 3.62. The van der Waals surface area contributed by atoms with E-state index in [4.69, 9.17) is 12.2 Å². The molecule has 0 amide bonds. The molecular formula is C11H9N5S. The fourth-order valence-corrected chi connectivity index (χ4v) is 2.08. The largest absolute Gasteiger partial charge is 0.330 e. The van der Waals surface area contributed by atoms with E-state index in [0.717, 1.165) is 22.5 Å². The number of rotatable bonds is 1. The maximum atomic E-state index is 5.20. The van der Waals surface area contributed by atoms with Crippen LogP contribution in [0.2, 0.25) is 0 Å². The Morgan fingerprint density at radius 1 is 1.29 bits per heavy atom. The molecule has 6 heteroatoms. The average molecular weight is 243 g/mol. The van der Waals surface area contributed by atoms with Crippen molar-refractivity contribution in [3.8, 4) is 5.82 Å².